The second-order valence-electron chi connectivity index (χ2n) is 10.1. The van der Waals surface area contributed by atoms with Crippen LogP contribution in [0.5, 0.6) is 5.75 Å². The molecule has 3 amide bonds. The van der Waals surface area contributed by atoms with Gasteiger partial charge in [-0.2, -0.15) is 0 Å². The van der Waals surface area contributed by atoms with Crippen molar-refractivity contribution in [1.29, 1.82) is 5.41 Å². The number of rotatable bonds is 18. The maximum atomic E-state index is 13.6. The number of carbonyl (C=O) groups excluding carboxylic acids is 3. The molecule has 0 saturated carbocycles. The molecule has 0 spiro atoms. The van der Waals surface area contributed by atoms with Crippen LogP contribution in [0.1, 0.15) is 42.9 Å². The first-order valence-corrected chi connectivity index (χ1v) is 15.7. The van der Waals surface area contributed by atoms with E-state index >= 15 is 0 Å². The molecule has 0 aliphatic carbocycles. The van der Waals surface area contributed by atoms with E-state index in [0.717, 1.165) is 5.52 Å². The van der Waals surface area contributed by atoms with Gasteiger partial charge in [0.1, 0.15) is 23.7 Å². The third-order valence-corrected chi connectivity index (χ3v) is 8.20. The molecule has 1 heterocycles. The highest BCUT2D eigenvalue weighted by atomic mass is 32.2. The lowest BCUT2D eigenvalue weighted by Crippen LogP contribution is -2.54. The van der Waals surface area contributed by atoms with E-state index in [2.05, 4.69) is 20.3 Å². The molecule has 0 bridgehead atoms. The molecule has 2 atom stereocenters. The number of fused-ring (bicyclic) bond motifs is 1. The van der Waals surface area contributed by atoms with Gasteiger partial charge in [-0.15, -0.1) is 0 Å². The van der Waals surface area contributed by atoms with Crippen molar-refractivity contribution < 1.29 is 32.6 Å². The van der Waals surface area contributed by atoms with Crippen molar-refractivity contribution >= 4 is 44.5 Å². The monoisotopic (exact) mass is 629 g/mol. The lowest BCUT2D eigenvalue weighted by atomic mass is 10.0. The van der Waals surface area contributed by atoms with Crippen LogP contribution < -0.4 is 31.6 Å². The summed E-state index contributed by atoms with van der Waals surface area (Å²) in [6, 6.07) is 9.47. The van der Waals surface area contributed by atoms with Gasteiger partial charge in [0.15, 0.2) is 0 Å². The predicted octanol–water partition coefficient (Wildman–Crippen LogP) is 0.130. The Morgan fingerprint density at radius 1 is 1.07 bits per heavy atom. The van der Waals surface area contributed by atoms with Gasteiger partial charge in [-0.25, -0.2) is 13.1 Å². The van der Waals surface area contributed by atoms with E-state index < -0.39 is 39.8 Å². The highest BCUT2D eigenvalue weighted by Crippen LogP contribution is 2.25. The Labute approximate surface area is 255 Å². The number of benzene rings is 2. The van der Waals surface area contributed by atoms with E-state index in [1.54, 1.807) is 48.7 Å². The van der Waals surface area contributed by atoms with E-state index in [-0.39, 0.29) is 44.0 Å². The van der Waals surface area contributed by atoms with Gasteiger partial charge in [0, 0.05) is 48.7 Å². The fourth-order valence-electron chi connectivity index (χ4n) is 4.32. The van der Waals surface area contributed by atoms with Gasteiger partial charge in [0.25, 0.3) is 0 Å². The average Bonchev–Trinajstić information content (AvgIpc) is 3.39. The number of aliphatic hydroxyl groups is 1. The third kappa shape index (κ3) is 10.1. The Balaban J connectivity index is 1.80. The maximum absolute atomic E-state index is 13.6. The number of H-pyrrole nitrogens is 1. The topological polar surface area (TPSA) is 243 Å². The molecular formula is C29H39N7O7S. The van der Waals surface area contributed by atoms with Crippen LogP contribution >= 0.6 is 0 Å². The van der Waals surface area contributed by atoms with Gasteiger partial charge in [0.2, 0.25) is 27.7 Å². The molecule has 0 radical (unpaired) electrons. The van der Waals surface area contributed by atoms with E-state index in [1.165, 1.54) is 6.92 Å². The number of primary amides is 1. The normalized spacial score (nSPS) is 12.8. The zero-order chi connectivity index (χ0) is 32.3. The average molecular weight is 630 g/mol. The molecule has 0 aliphatic rings. The van der Waals surface area contributed by atoms with Gasteiger partial charge in [0.05, 0.1) is 12.4 Å². The van der Waals surface area contributed by atoms with Gasteiger partial charge >= 0.3 is 0 Å². The van der Waals surface area contributed by atoms with Crippen molar-refractivity contribution in [2.75, 3.05) is 19.0 Å². The fraction of sp³-hybridized carbons (Fsp3) is 0.379. The summed E-state index contributed by atoms with van der Waals surface area (Å²) in [5.74, 6) is -1.85. The zero-order valence-corrected chi connectivity index (χ0v) is 25.2. The SMILES string of the molecule is CCS(=O)(=O)NC(Cc1c[nH]c2ccc(OCCCO)cc12)C(=O)NC(CCC(N)=O)C(=O)NCc1ccc(C(=N)N)cc1. The van der Waals surface area contributed by atoms with Crippen molar-refractivity contribution in [2.24, 2.45) is 11.5 Å². The van der Waals surface area contributed by atoms with Crippen LogP contribution in [0, 0.1) is 5.41 Å². The van der Waals surface area contributed by atoms with Crippen LogP contribution in [0.4, 0.5) is 0 Å². The molecule has 3 rings (SSSR count). The van der Waals surface area contributed by atoms with Gasteiger partial charge in [-0.05, 0) is 49.1 Å². The summed E-state index contributed by atoms with van der Waals surface area (Å²) >= 11 is 0. The Morgan fingerprint density at radius 3 is 2.43 bits per heavy atom. The number of aromatic nitrogens is 1. The van der Waals surface area contributed by atoms with E-state index in [1.807, 2.05) is 0 Å². The molecule has 3 aromatic rings. The number of aliphatic hydroxyl groups excluding tert-OH is 1. The molecule has 238 valence electrons. The first kappa shape index (κ1) is 34.0. The first-order chi connectivity index (χ1) is 20.9. The quantitative estimate of drug-likeness (QED) is 0.0545. The molecule has 0 fully saturated rings. The number of amides is 3. The lowest BCUT2D eigenvalue weighted by molar-refractivity contribution is -0.130. The third-order valence-electron chi connectivity index (χ3n) is 6.80. The number of carbonyl (C=O) groups is 3. The van der Waals surface area contributed by atoms with Crippen molar-refractivity contribution in [3.05, 3.63) is 65.4 Å². The minimum absolute atomic E-state index is 0.0152. The Morgan fingerprint density at radius 2 is 1.80 bits per heavy atom. The molecule has 2 unspecified atom stereocenters. The molecule has 15 heteroatoms. The molecule has 14 nitrogen and oxygen atoms in total. The fourth-order valence-corrected chi connectivity index (χ4v) is 5.11. The summed E-state index contributed by atoms with van der Waals surface area (Å²) in [5, 5.41) is 22.5. The number of nitrogens with two attached hydrogens (primary N) is 2. The Bertz CT molecular complexity index is 1570. The van der Waals surface area contributed by atoms with Crippen LogP contribution in [0.15, 0.2) is 48.7 Å². The molecule has 10 N–H and O–H groups in total. The van der Waals surface area contributed by atoms with E-state index in [0.29, 0.717) is 40.9 Å². The number of hydrogen-bond donors (Lipinski definition) is 8. The minimum Gasteiger partial charge on any atom is -0.493 e. The zero-order valence-electron chi connectivity index (χ0n) is 24.4. The molecule has 1 aromatic heterocycles. The molecule has 44 heavy (non-hydrogen) atoms. The Kier molecular flexibility index (Phi) is 12.3. The molecular weight excluding hydrogens is 590 g/mol. The summed E-state index contributed by atoms with van der Waals surface area (Å²) in [4.78, 5) is 41.3. The number of ether oxygens (including phenoxy) is 1. The van der Waals surface area contributed by atoms with Crippen LogP contribution in [0.2, 0.25) is 0 Å². The van der Waals surface area contributed by atoms with Crippen molar-refractivity contribution in [1.82, 2.24) is 20.3 Å². The summed E-state index contributed by atoms with van der Waals surface area (Å²) in [6.45, 7) is 1.81. The summed E-state index contributed by atoms with van der Waals surface area (Å²) in [5.41, 5.74) is 13.4. The standard InChI is InChI=1S/C29H39N7O7S/c1-2-44(41,42)36-25(14-20-17-33-23-9-8-21(15-22(20)23)43-13-3-12-37)29(40)35-24(10-11-26(30)38)28(39)34-16-18-4-6-19(7-5-18)27(31)32/h4-9,15,17,24-25,33,36-37H,2-3,10-14,16H2,1H3,(H2,30,38)(H3,31,32)(H,34,39)(H,35,40). The van der Waals surface area contributed by atoms with Crippen LogP contribution in [0.3, 0.4) is 0 Å². The lowest BCUT2D eigenvalue weighted by Gasteiger charge is -2.23. The number of aromatic amines is 1. The van der Waals surface area contributed by atoms with Crippen molar-refractivity contribution in [2.45, 2.75) is 51.2 Å². The maximum Gasteiger partial charge on any atom is 0.242 e. The van der Waals surface area contributed by atoms with E-state index in [4.69, 9.17) is 26.7 Å². The molecule has 0 aliphatic heterocycles. The van der Waals surface area contributed by atoms with Crippen LogP contribution in [-0.4, -0.2) is 73.1 Å². The number of nitrogens with one attached hydrogen (secondary N) is 5. The first-order valence-electron chi connectivity index (χ1n) is 14.1. The van der Waals surface area contributed by atoms with Gasteiger partial charge < -0.3 is 36.9 Å². The number of nitrogen functional groups attached to an aromatic ring is 1. The van der Waals surface area contributed by atoms with Crippen molar-refractivity contribution in [3.63, 3.8) is 0 Å². The number of sulfonamides is 1. The second kappa shape index (κ2) is 15.8. The van der Waals surface area contributed by atoms with Gasteiger partial charge in [-0.1, -0.05) is 24.3 Å². The Hall–Kier alpha value is -4.47. The minimum atomic E-state index is -3.85. The smallest absolute Gasteiger partial charge is 0.242 e. The summed E-state index contributed by atoms with van der Waals surface area (Å²) in [6.07, 6.45) is 1.76. The number of hydrogen-bond acceptors (Lipinski definition) is 8. The summed E-state index contributed by atoms with van der Waals surface area (Å²) in [7, 11) is -3.85. The van der Waals surface area contributed by atoms with Gasteiger partial charge in [-0.3, -0.25) is 19.8 Å². The van der Waals surface area contributed by atoms with Crippen LogP contribution in [-0.2, 0) is 37.4 Å². The molecule has 2 aromatic carbocycles. The largest absolute Gasteiger partial charge is 0.493 e. The summed E-state index contributed by atoms with van der Waals surface area (Å²) < 4.78 is 33.2. The highest BCUT2D eigenvalue weighted by Gasteiger charge is 2.29. The van der Waals surface area contributed by atoms with E-state index in [9.17, 15) is 22.8 Å². The van der Waals surface area contributed by atoms with Crippen LogP contribution in [0.25, 0.3) is 10.9 Å². The highest BCUT2D eigenvalue weighted by molar-refractivity contribution is 7.89. The molecule has 0 saturated heterocycles. The second-order valence-corrected chi connectivity index (χ2v) is 12.2. The predicted molar refractivity (Wildman–Crippen MR) is 165 cm³/mol. The van der Waals surface area contributed by atoms with Crippen molar-refractivity contribution in [3.8, 4) is 5.75 Å². The number of amidine groups is 1.